The van der Waals surface area contributed by atoms with E-state index in [2.05, 4.69) is 10.6 Å². The fourth-order valence-electron chi connectivity index (χ4n) is 3.15. The molecule has 1 aromatic carbocycles. The highest BCUT2D eigenvalue weighted by atomic mass is 16.6. The van der Waals surface area contributed by atoms with E-state index in [9.17, 15) is 14.4 Å². The van der Waals surface area contributed by atoms with Gasteiger partial charge < -0.3 is 29.7 Å². The highest BCUT2D eigenvalue weighted by Crippen LogP contribution is 2.25. The number of amides is 3. The Morgan fingerprint density at radius 3 is 2.32 bits per heavy atom. The smallest absolute Gasteiger partial charge is 0.408 e. The summed E-state index contributed by atoms with van der Waals surface area (Å²) in [6, 6.07) is 7.16. The first-order valence-corrected chi connectivity index (χ1v) is 10.4. The predicted molar refractivity (Wildman–Crippen MR) is 115 cm³/mol. The van der Waals surface area contributed by atoms with Gasteiger partial charge in [-0.05, 0) is 51.7 Å². The summed E-state index contributed by atoms with van der Waals surface area (Å²) >= 11 is 0. The Labute approximate surface area is 183 Å². The molecule has 0 aliphatic carbocycles. The maximum Gasteiger partial charge on any atom is 0.408 e. The normalized spacial score (nSPS) is 14.5. The largest absolute Gasteiger partial charge is 0.493 e. The van der Waals surface area contributed by atoms with Crippen LogP contribution >= 0.6 is 0 Å². The summed E-state index contributed by atoms with van der Waals surface area (Å²) in [7, 11) is 1.55. The molecule has 2 rings (SSSR count). The van der Waals surface area contributed by atoms with E-state index in [1.807, 2.05) is 12.1 Å². The molecule has 1 aliphatic rings. The number of carbonyl (C=O) groups is 3. The number of para-hydroxylation sites is 2. The van der Waals surface area contributed by atoms with Crippen LogP contribution in [0.15, 0.2) is 24.3 Å². The van der Waals surface area contributed by atoms with E-state index in [1.54, 1.807) is 44.9 Å². The first-order valence-electron chi connectivity index (χ1n) is 10.4. The standard InChI is InChI=1S/C22H33N3O6/c1-22(2,3)31-21(28)24-14-20(27)25-11-9-16(10-12-25)13-23-19(26)15-30-18-8-6-5-7-17(18)29-4/h5-8,16H,9-15H2,1-4H3,(H,23,26)(H,24,28). The number of piperidine rings is 1. The molecule has 9 nitrogen and oxygen atoms in total. The number of likely N-dealkylation sites (tertiary alicyclic amines) is 1. The van der Waals surface area contributed by atoms with Gasteiger partial charge in [-0.25, -0.2) is 4.79 Å². The molecule has 31 heavy (non-hydrogen) atoms. The molecule has 1 fully saturated rings. The molecule has 1 aromatic rings. The van der Waals surface area contributed by atoms with Gasteiger partial charge in [0.05, 0.1) is 7.11 Å². The van der Waals surface area contributed by atoms with Crippen molar-refractivity contribution >= 4 is 17.9 Å². The lowest BCUT2D eigenvalue weighted by Gasteiger charge is -2.32. The van der Waals surface area contributed by atoms with E-state index >= 15 is 0 Å². The number of hydrogen-bond acceptors (Lipinski definition) is 6. The van der Waals surface area contributed by atoms with Gasteiger partial charge in [0.15, 0.2) is 18.1 Å². The summed E-state index contributed by atoms with van der Waals surface area (Å²) in [5.41, 5.74) is -0.603. The number of alkyl carbamates (subject to hydrolysis) is 1. The van der Waals surface area contributed by atoms with Crippen LogP contribution < -0.4 is 20.1 Å². The maximum absolute atomic E-state index is 12.3. The highest BCUT2D eigenvalue weighted by molar-refractivity contribution is 5.82. The summed E-state index contributed by atoms with van der Waals surface area (Å²) in [5, 5.41) is 5.38. The molecule has 172 valence electrons. The van der Waals surface area contributed by atoms with Crippen molar-refractivity contribution in [1.82, 2.24) is 15.5 Å². The molecule has 0 bridgehead atoms. The van der Waals surface area contributed by atoms with E-state index in [0.29, 0.717) is 31.1 Å². The minimum absolute atomic E-state index is 0.0867. The Balaban J connectivity index is 1.63. The molecule has 0 unspecified atom stereocenters. The SMILES string of the molecule is COc1ccccc1OCC(=O)NCC1CCN(C(=O)CNC(=O)OC(C)(C)C)CC1. The second-order valence-corrected chi connectivity index (χ2v) is 8.42. The minimum Gasteiger partial charge on any atom is -0.493 e. The van der Waals surface area contributed by atoms with Gasteiger partial charge in [0.25, 0.3) is 5.91 Å². The molecule has 1 heterocycles. The van der Waals surface area contributed by atoms with Crippen molar-refractivity contribution in [3.8, 4) is 11.5 Å². The number of benzene rings is 1. The van der Waals surface area contributed by atoms with Gasteiger partial charge in [-0.3, -0.25) is 9.59 Å². The summed E-state index contributed by atoms with van der Waals surface area (Å²) in [4.78, 5) is 37.7. The molecule has 1 aliphatic heterocycles. The molecular weight excluding hydrogens is 402 g/mol. The van der Waals surface area contributed by atoms with Crippen molar-refractivity contribution in [2.75, 3.05) is 39.9 Å². The lowest BCUT2D eigenvalue weighted by molar-refractivity contribution is -0.132. The first-order chi connectivity index (χ1) is 14.7. The van der Waals surface area contributed by atoms with Crippen LogP contribution in [0.25, 0.3) is 0 Å². The molecule has 1 saturated heterocycles. The molecule has 0 atom stereocenters. The number of hydrogen-bond donors (Lipinski definition) is 2. The molecule has 0 saturated carbocycles. The van der Waals surface area contributed by atoms with Crippen LogP contribution in [0.4, 0.5) is 4.79 Å². The average molecular weight is 436 g/mol. The Kier molecular flexibility index (Phi) is 8.96. The van der Waals surface area contributed by atoms with Crippen molar-refractivity contribution in [3.63, 3.8) is 0 Å². The zero-order valence-corrected chi connectivity index (χ0v) is 18.7. The van der Waals surface area contributed by atoms with Crippen molar-refractivity contribution in [2.45, 2.75) is 39.2 Å². The monoisotopic (exact) mass is 435 g/mol. The topological polar surface area (TPSA) is 106 Å². The Morgan fingerprint density at radius 2 is 1.71 bits per heavy atom. The van der Waals surface area contributed by atoms with Gasteiger partial charge in [0.2, 0.25) is 5.91 Å². The van der Waals surface area contributed by atoms with Crippen molar-refractivity contribution < 1.29 is 28.6 Å². The van der Waals surface area contributed by atoms with Gasteiger partial charge >= 0.3 is 6.09 Å². The number of ether oxygens (including phenoxy) is 3. The Bertz CT molecular complexity index is 754. The molecule has 0 aromatic heterocycles. The van der Waals surface area contributed by atoms with Crippen LogP contribution in [0, 0.1) is 5.92 Å². The van der Waals surface area contributed by atoms with Crippen molar-refractivity contribution in [2.24, 2.45) is 5.92 Å². The number of nitrogens with zero attached hydrogens (tertiary/aromatic N) is 1. The fraction of sp³-hybridized carbons (Fsp3) is 0.591. The summed E-state index contributed by atoms with van der Waals surface area (Å²) in [5.74, 6) is 1.04. The van der Waals surface area contributed by atoms with Gasteiger partial charge in [-0.1, -0.05) is 12.1 Å². The quantitative estimate of drug-likeness (QED) is 0.647. The Morgan fingerprint density at radius 1 is 1.06 bits per heavy atom. The van der Waals surface area contributed by atoms with Gasteiger partial charge in [-0.15, -0.1) is 0 Å². The third-order valence-electron chi connectivity index (χ3n) is 4.77. The Hall–Kier alpha value is -2.97. The lowest BCUT2D eigenvalue weighted by atomic mass is 9.96. The lowest BCUT2D eigenvalue weighted by Crippen LogP contribution is -2.46. The van der Waals surface area contributed by atoms with Crippen LogP contribution in [0.3, 0.4) is 0 Å². The van der Waals surface area contributed by atoms with Crippen LogP contribution in [0.2, 0.25) is 0 Å². The summed E-state index contributed by atoms with van der Waals surface area (Å²) in [6.07, 6.45) is 0.964. The fourth-order valence-corrected chi connectivity index (χ4v) is 3.15. The van der Waals surface area contributed by atoms with Crippen LogP contribution in [0.5, 0.6) is 11.5 Å². The van der Waals surface area contributed by atoms with Crippen molar-refractivity contribution in [1.29, 1.82) is 0 Å². The third-order valence-corrected chi connectivity index (χ3v) is 4.77. The zero-order valence-electron chi connectivity index (χ0n) is 18.7. The second kappa shape index (κ2) is 11.4. The highest BCUT2D eigenvalue weighted by Gasteiger charge is 2.24. The minimum atomic E-state index is -0.603. The van der Waals surface area contributed by atoms with Gasteiger partial charge in [-0.2, -0.15) is 0 Å². The van der Waals surface area contributed by atoms with Crippen LogP contribution in [-0.4, -0.2) is 68.3 Å². The van der Waals surface area contributed by atoms with E-state index in [4.69, 9.17) is 14.2 Å². The molecular formula is C22H33N3O6. The number of methoxy groups -OCH3 is 1. The van der Waals surface area contributed by atoms with Gasteiger partial charge in [0.1, 0.15) is 12.1 Å². The third kappa shape index (κ3) is 8.74. The molecule has 2 N–H and O–H groups in total. The van der Waals surface area contributed by atoms with E-state index in [-0.39, 0.29) is 30.9 Å². The molecule has 0 radical (unpaired) electrons. The van der Waals surface area contributed by atoms with Crippen LogP contribution in [-0.2, 0) is 14.3 Å². The molecule has 3 amide bonds. The first kappa shape index (κ1) is 24.3. The zero-order chi connectivity index (χ0) is 22.9. The van der Waals surface area contributed by atoms with E-state index < -0.39 is 11.7 Å². The number of rotatable bonds is 8. The predicted octanol–water partition coefficient (Wildman–Crippen LogP) is 1.95. The second-order valence-electron chi connectivity index (χ2n) is 8.42. The number of carbonyl (C=O) groups excluding carboxylic acids is 3. The van der Waals surface area contributed by atoms with Gasteiger partial charge in [0, 0.05) is 19.6 Å². The molecule has 9 heteroatoms. The number of nitrogens with one attached hydrogen (secondary N) is 2. The summed E-state index contributed by atoms with van der Waals surface area (Å²) < 4.78 is 15.8. The van der Waals surface area contributed by atoms with Crippen LogP contribution in [0.1, 0.15) is 33.6 Å². The van der Waals surface area contributed by atoms with E-state index in [0.717, 1.165) is 12.8 Å². The maximum atomic E-state index is 12.3. The van der Waals surface area contributed by atoms with E-state index in [1.165, 1.54) is 0 Å². The molecule has 0 spiro atoms. The average Bonchev–Trinajstić information content (AvgIpc) is 2.74. The summed E-state index contributed by atoms with van der Waals surface area (Å²) in [6.45, 7) is 6.84. The van der Waals surface area contributed by atoms with Crippen molar-refractivity contribution in [3.05, 3.63) is 24.3 Å².